The average Bonchev–Trinajstić information content (AvgIpc) is 2.64. The molecule has 6 heteroatoms. The van der Waals surface area contributed by atoms with Crippen LogP contribution in [0, 0.1) is 4.77 Å². The minimum absolute atomic E-state index is 0.328. The average molecular weight is 356 g/mol. The number of ether oxygens (including phenoxy) is 1. The molecule has 1 aliphatic carbocycles. The lowest BCUT2D eigenvalue weighted by atomic mass is 9.98. The summed E-state index contributed by atoms with van der Waals surface area (Å²) in [5.74, 6) is 0.811. The van der Waals surface area contributed by atoms with E-state index >= 15 is 0 Å². The lowest BCUT2D eigenvalue weighted by Gasteiger charge is -2.29. The molecule has 1 N–H and O–H groups in total. The van der Waals surface area contributed by atoms with Crippen molar-refractivity contribution in [3.63, 3.8) is 0 Å². The van der Waals surface area contributed by atoms with E-state index in [-0.39, 0.29) is 0 Å². The predicted octanol–water partition coefficient (Wildman–Crippen LogP) is 3.80. The van der Waals surface area contributed by atoms with Gasteiger partial charge in [0, 0.05) is 55.3 Å². The number of nitrogens with zero attached hydrogens (tertiary/aromatic N) is 3. The summed E-state index contributed by atoms with van der Waals surface area (Å²) in [6, 6.07) is 4.14. The second-order valence-corrected chi connectivity index (χ2v) is 7.39. The molecule has 2 aromatic rings. The summed E-state index contributed by atoms with van der Waals surface area (Å²) in [4.78, 5) is 14.4. The smallest absolute Gasteiger partial charge is 0.218 e. The zero-order chi connectivity index (χ0) is 17.1. The third-order valence-corrected chi connectivity index (χ3v) is 5.34. The van der Waals surface area contributed by atoms with Gasteiger partial charge in [-0.25, -0.2) is 9.97 Å². The second-order valence-electron chi connectivity index (χ2n) is 7.00. The van der Waals surface area contributed by atoms with Crippen molar-refractivity contribution in [3.05, 3.63) is 46.1 Å². The minimum atomic E-state index is 0.328. The zero-order valence-electron chi connectivity index (χ0n) is 14.4. The van der Waals surface area contributed by atoms with E-state index in [1.807, 2.05) is 18.5 Å². The first-order valence-electron chi connectivity index (χ1n) is 9.18. The molecular weight excluding hydrogens is 332 g/mol. The van der Waals surface area contributed by atoms with Crippen molar-refractivity contribution in [2.75, 3.05) is 6.54 Å². The van der Waals surface area contributed by atoms with Crippen LogP contribution in [0.3, 0.4) is 0 Å². The Morgan fingerprint density at radius 2 is 2.12 bits per heavy atom. The topological polar surface area (TPSA) is 54.0 Å². The van der Waals surface area contributed by atoms with Gasteiger partial charge in [-0.1, -0.05) is 12.5 Å². The van der Waals surface area contributed by atoms with Gasteiger partial charge in [0.15, 0.2) is 4.77 Å². The van der Waals surface area contributed by atoms with E-state index in [0.29, 0.717) is 10.9 Å². The maximum Gasteiger partial charge on any atom is 0.218 e. The van der Waals surface area contributed by atoms with E-state index in [0.717, 1.165) is 44.8 Å². The molecule has 0 unspecified atom stereocenters. The van der Waals surface area contributed by atoms with Crippen molar-refractivity contribution < 1.29 is 4.74 Å². The molecule has 0 bridgehead atoms. The highest BCUT2D eigenvalue weighted by Crippen LogP contribution is 2.26. The molecule has 2 aliphatic rings. The van der Waals surface area contributed by atoms with Crippen molar-refractivity contribution in [3.8, 4) is 5.88 Å². The normalized spacial score (nSPS) is 18.7. The van der Waals surface area contributed by atoms with Crippen molar-refractivity contribution in [2.24, 2.45) is 0 Å². The van der Waals surface area contributed by atoms with Crippen LogP contribution in [0.5, 0.6) is 5.88 Å². The summed E-state index contributed by atoms with van der Waals surface area (Å²) < 4.78 is 6.81. The first kappa shape index (κ1) is 16.7. The molecule has 0 saturated heterocycles. The van der Waals surface area contributed by atoms with Gasteiger partial charge in [-0.2, -0.15) is 0 Å². The van der Waals surface area contributed by atoms with Gasteiger partial charge < -0.3 is 9.72 Å². The van der Waals surface area contributed by atoms with Crippen molar-refractivity contribution in [1.29, 1.82) is 0 Å². The van der Waals surface area contributed by atoms with Crippen LogP contribution in [0.1, 0.15) is 48.9 Å². The summed E-state index contributed by atoms with van der Waals surface area (Å²) in [6.45, 7) is 2.73. The minimum Gasteiger partial charge on any atom is -0.474 e. The number of hydrogen-bond donors (Lipinski definition) is 1. The molecule has 4 rings (SSSR count). The summed E-state index contributed by atoms with van der Waals surface area (Å²) in [6.07, 6.45) is 11.2. The van der Waals surface area contributed by atoms with Gasteiger partial charge in [0.25, 0.3) is 0 Å². The van der Waals surface area contributed by atoms with E-state index in [1.165, 1.54) is 36.1 Å². The number of hydrogen-bond acceptors (Lipinski definition) is 5. The van der Waals surface area contributed by atoms with Crippen molar-refractivity contribution >= 4 is 12.2 Å². The van der Waals surface area contributed by atoms with E-state index in [2.05, 4.69) is 25.9 Å². The number of pyridine rings is 1. The highest BCUT2D eigenvalue weighted by Gasteiger charge is 2.21. The first-order chi connectivity index (χ1) is 12.3. The molecule has 0 spiro atoms. The third kappa shape index (κ3) is 4.07. The van der Waals surface area contributed by atoms with Gasteiger partial charge in [-0.15, -0.1) is 0 Å². The molecule has 1 fully saturated rings. The fraction of sp³-hybridized carbons (Fsp3) is 0.526. The Labute approximate surface area is 153 Å². The summed E-state index contributed by atoms with van der Waals surface area (Å²) in [5.41, 5.74) is 3.63. The van der Waals surface area contributed by atoms with Crippen LogP contribution in [0.4, 0.5) is 0 Å². The number of rotatable bonds is 4. The maximum atomic E-state index is 6.24. The van der Waals surface area contributed by atoms with Gasteiger partial charge in [-0.3, -0.25) is 4.90 Å². The van der Waals surface area contributed by atoms with E-state index in [9.17, 15) is 0 Å². The highest BCUT2D eigenvalue weighted by molar-refractivity contribution is 7.71. The van der Waals surface area contributed by atoms with Crippen LogP contribution in [0.15, 0.2) is 24.5 Å². The Hall–Kier alpha value is -1.79. The van der Waals surface area contributed by atoms with Crippen LogP contribution < -0.4 is 4.74 Å². The van der Waals surface area contributed by atoms with Crippen LogP contribution >= 0.6 is 12.2 Å². The van der Waals surface area contributed by atoms with Crippen molar-refractivity contribution in [1.82, 2.24) is 19.9 Å². The molecule has 1 saturated carbocycles. The summed E-state index contributed by atoms with van der Waals surface area (Å²) in [5, 5.41) is 0. The molecular formula is C19H24N4OS. The molecule has 0 amide bonds. The van der Waals surface area contributed by atoms with Gasteiger partial charge in [0.2, 0.25) is 5.88 Å². The Kier molecular flexibility index (Phi) is 5.08. The lowest BCUT2D eigenvalue weighted by Crippen LogP contribution is -2.31. The largest absolute Gasteiger partial charge is 0.474 e. The predicted molar refractivity (Wildman–Crippen MR) is 99.0 cm³/mol. The molecule has 5 nitrogen and oxygen atoms in total. The Morgan fingerprint density at radius 3 is 3.00 bits per heavy atom. The summed E-state index contributed by atoms with van der Waals surface area (Å²) >= 11 is 5.12. The maximum absolute atomic E-state index is 6.24. The number of aromatic amines is 1. The highest BCUT2D eigenvalue weighted by atomic mass is 32.1. The molecule has 132 valence electrons. The first-order valence-corrected chi connectivity index (χ1v) is 9.59. The fourth-order valence-corrected chi connectivity index (χ4v) is 3.95. The molecule has 0 radical (unpaired) electrons. The molecule has 25 heavy (non-hydrogen) atoms. The SMILES string of the molecule is S=c1ncc2c([nH]1)CCN(Cc1cccnc1OC1CCCCC1)C2. The van der Waals surface area contributed by atoms with Gasteiger partial charge in [0.05, 0.1) is 0 Å². The van der Waals surface area contributed by atoms with Crippen LogP contribution in [0.2, 0.25) is 0 Å². The van der Waals surface area contributed by atoms with Crippen LogP contribution in [0.25, 0.3) is 0 Å². The number of H-pyrrole nitrogens is 1. The Balaban J connectivity index is 1.46. The quantitative estimate of drug-likeness (QED) is 0.845. The standard InChI is InChI=1S/C19H24N4OS/c25-19-21-11-15-13-23(10-8-17(15)22-19)12-14-5-4-9-20-18(14)24-16-6-2-1-3-7-16/h4-5,9,11,16H,1-3,6-8,10,12-13H2,(H,21,22,25). The van der Waals surface area contributed by atoms with Crippen LogP contribution in [-0.2, 0) is 19.5 Å². The van der Waals surface area contributed by atoms with Crippen molar-refractivity contribution in [2.45, 2.75) is 57.7 Å². The second kappa shape index (κ2) is 7.62. The monoisotopic (exact) mass is 356 g/mol. The van der Waals surface area contributed by atoms with Gasteiger partial charge in [-0.05, 0) is 44.0 Å². The molecule has 2 aromatic heterocycles. The number of aromatic nitrogens is 3. The Morgan fingerprint density at radius 1 is 1.24 bits per heavy atom. The molecule has 1 aliphatic heterocycles. The van der Waals surface area contributed by atoms with Gasteiger partial charge in [0.1, 0.15) is 6.10 Å². The number of nitrogens with one attached hydrogen (secondary N) is 1. The fourth-order valence-electron chi connectivity index (χ4n) is 3.77. The molecule has 0 aromatic carbocycles. The van der Waals surface area contributed by atoms with Crippen LogP contribution in [-0.4, -0.2) is 32.5 Å². The third-order valence-electron chi connectivity index (χ3n) is 5.13. The summed E-state index contributed by atoms with van der Waals surface area (Å²) in [7, 11) is 0. The number of fused-ring (bicyclic) bond motifs is 1. The molecule has 0 atom stereocenters. The van der Waals surface area contributed by atoms with Gasteiger partial charge >= 0.3 is 0 Å². The van der Waals surface area contributed by atoms with E-state index in [4.69, 9.17) is 17.0 Å². The lowest BCUT2D eigenvalue weighted by molar-refractivity contribution is 0.143. The van der Waals surface area contributed by atoms with E-state index in [1.54, 1.807) is 0 Å². The molecule has 3 heterocycles. The Bertz CT molecular complexity index is 785. The zero-order valence-corrected chi connectivity index (χ0v) is 15.2. The van der Waals surface area contributed by atoms with E-state index < -0.39 is 0 Å².